The molecule has 18 heavy (non-hydrogen) atoms. The van der Waals surface area contributed by atoms with Crippen molar-refractivity contribution in [2.45, 2.75) is 0 Å². The number of nitrogens with zero attached hydrogens (tertiary/aromatic N) is 12. The predicted molar refractivity (Wildman–Crippen MR) is 52.5 cm³/mol. The van der Waals surface area contributed by atoms with Gasteiger partial charge in [-0.3, -0.25) is 0 Å². The van der Waals surface area contributed by atoms with Gasteiger partial charge in [-0.1, -0.05) is 0 Å². The van der Waals surface area contributed by atoms with E-state index in [9.17, 15) is 0 Å². The molecule has 0 saturated carbocycles. The van der Waals surface area contributed by atoms with E-state index in [1.54, 1.807) is 0 Å². The first-order chi connectivity index (χ1) is 8.95. The Morgan fingerprint density at radius 2 is 0.444 bits per heavy atom. The van der Waals surface area contributed by atoms with Gasteiger partial charge in [0, 0.05) is 0 Å². The van der Waals surface area contributed by atoms with Crippen LogP contribution in [0.15, 0.2) is 0 Å². The van der Waals surface area contributed by atoms with Gasteiger partial charge in [0.2, 0.25) is 0 Å². The van der Waals surface area contributed by atoms with Gasteiger partial charge in [0.1, 0.15) is 33.1 Å². The van der Waals surface area contributed by atoms with E-state index in [0.717, 1.165) is 0 Å². The van der Waals surface area contributed by atoms with Gasteiger partial charge >= 0.3 is 0 Å². The van der Waals surface area contributed by atoms with E-state index in [1.807, 2.05) is 0 Å². The molecule has 84 valence electrons. The quantitative estimate of drug-likeness (QED) is 0.308. The summed E-state index contributed by atoms with van der Waals surface area (Å²) in [7, 11) is 0. The summed E-state index contributed by atoms with van der Waals surface area (Å²) in [6.45, 7) is 0. The van der Waals surface area contributed by atoms with Gasteiger partial charge in [-0.25, -0.2) is 0 Å². The summed E-state index contributed by atoms with van der Waals surface area (Å²) in [4.78, 5) is 0. The van der Waals surface area contributed by atoms with Crippen LogP contribution in [0.3, 0.4) is 0 Å². The van der Waals surface area contributed by atoms with Crippen LogP contribution in [0.25, 0.3) is 33.1 Å². The van der Waals surface area contributed by atoms with E-state index < -0.39 is 0 Å². The van der Waals surface area contributed by atoms with Crippen molar-refractivity contribution in [3.05, 3.63) is 0 Å². The molecule has 3 heterocycles. The number of fused-ring (bicyclic) bond motifs is 6. The molecule has 0 aliphatic carbocycles. The zero-order valence-corrected chi connectivity index (χ0v) is 8.37. The summed E-state index contributed by atoms with van der Waals surface area (Å²) in [6.07, 6.45) is 0. The first-order valence-corrected chi connectivity index (χ1v) is 4.64. The van der Waals surface area contributed by atoms with E-state index in [-0.39, 0.29) is 0 Å². The molecule has 0 fully saturated rings. The molecule has 0 aliphatic heterocycles. The maximum atomic E-state index is 3.85. The molecule has 1 aromatic carbocycles. The Balaban J connectivity index is 2.46. The Bertz CT molecular complexity index is 668. The molecule has 0 amide bonds. The van der Waals surface area contributed by atoms with E-state index in [0.29, 0.717) is 33.1 Å². The lowest BCUT2D eigenvalue weighted by Gasteiger charge is -2.00. The van der Waals surface area contributed by atoms with E-state index in [2.05, 4.69) is 61.9 Å². The number of aromatic nitrogens is 12. The van der Waals surface area contributed by atoms with Crippen LogP contribution in [0.2, 0.25) is 0 Å². The molecular weight excluding hydrogens is 240 g/mol. The van der Waals surface area contributed by atoms with E-state index >= 15 is 0 Å². The molecule has 12 nitrogen and oxygen atoms in total. The molecule has 0 aliphatic rings. The Morgan fingerprint density at radius 1 is 0.278 bits per heavy atom. The lowest BCUT2D eigenvalue weighted by Crippen LogP contribution is -2.03. The van der Waals surface area contributed by atoms with Crippen LogP contribution in [0.5, 0.6) is 0 Å². The Kier molecular flexibility index (Phi) is 1.56. The zero-order chi connectivity index (χ0) is 11.9. The predicted octanol–water partition coefficient (Wildman–Crippen LogP) is -2.11. The lowest BCUT2D eigenvalue weighted by molar-refractivity contribution is 0.773. The first-order valence-electron chi connectivity index (χ1n) is 4.64. The second kappa shape index (κ2) is 3.16. The highest BCUT2D eigenvalue weighted by Crippen LogP contribution is 2.24. The third kappa shape index (κ3) is 1.02. The van der Waals surface area contributed by atoms with Crippen LogP contribution in [0.1, 0.15) is 0 Å². The van der Waals surface area contributed by atoms with Crippen molar-refractivity contribution in [1.82, 2.24) is 61.9 Å². The highest BCUT2D eigenvalue weighted by atomic mass is 15.5. The minimum Gasteiger partial charge on any atom is -0.124 e. The molecule has 0 saturated heterocycles. The summed E-state index contributed by atoms with van der Waals surface area (Å²) < 4.78 is 0. The fourth-order valence-electron chi connectivity index (χ4n) is 1.63. The fourth-order valence-corrected chi connectivity index (χ4v) is 1.63. The van der Waals surface area contributed by atoms with Gasteiger partial charge in [0.15, 0.2) is 0 Å². The third-order valence-corrected chi connectivity index (χ3v) is 2.33. The summed E-state index contributed by atoms with van der Waals surface area (Å²) in [6, 6.07) is 0. The van der Waals surface area contributed by atoms with Crippen molar-refractivity contribution in [2.75, 3.05) is 0 Å². The van der Waals surface area contributed by atoms with Crippen molar-refractivity contribution < 1.29 is 0 Å². The van der Waals surface area contributed by atoms with Crippen LogP contribution < -0.4 is 0 Å². The van der Waals surface area contributed by atoms with Crippen LogP contribution in [0, 0.1) is 0 Å². The highest BCUT2D eigenvalue weighted by Gasteiger charge is 2.16. The number of rotatable bonds is 0. The maximum absolute atomic E-state index is 3.85. The number of benzene rings is 1. The molecule has 4 rings (SSSR count). The summed E-state index contributed by atoms with van der Waals surface area (Å²) >= 11 is 0. The van der Waals surface area contributed by atoms with Gasteiger partial charge in [0.25, 0.3) is 0 Å². The summed E-state index contributed by atoms with van der Waals surface area (Å²) in [5.74, 6) is 0. The normalized spacial score (nSPS) is 11.3. The Labute approximate surface area is 95.8 Å². The summed E-state index contributed by atoms with van der Waals surface area (Å²) in [5.41, 5.74) is 2.15. The standard InChI is InChI=1S/C6N12/c7-1-2(8-14-13-7)4-6(12-18-17-11-4)5-3(1)9-15-16-10-5. The lowest BCUT2D eigenvalue weighted by atomic mass is 10.2. The van der Waals surface area contributed by atoms with E-state index in [4.69, 9.17) is 0 Å². The third-order valence-electron chi connectivity index (χ3n) is 2.33. The maximum Gasteiger partial charge on any atom is 0.147 e. The average Bonchev–Trinajstić information content (AvgIpc) is 2.48. The van der Waals surface area contributed by atoms with Crippen LogP contribution in [-0.2, 0) is 0 Å². The van der Waals surface area contributed by atoms with Crippen LogP contribution >= 0.6 is 0 Å². The molecule has 12 heteroatoms. The Morgan fingerprint density at radius 3 is 0.611 bits per heavy atom. The van der Waals surface area contributed by atoms with Gasteiger partial charge in [-0.05, 0) is 31.3 Å². The second-order valence-electron chi connectivity index (χ2n) is 3.23. The van der Waals surface area contributed by atoms with Crippen LogP contribution in [0.4, 0.5) is 0 Å². The highest BCUT2D eigenvalue weighted by molar-refractivity contribution is 6.16. The topological polar surface area (TPSA) is 155 Å². The molecule has 0 radical (unpaired) electrons. The minimum atomic E-state index is 0.359. The Hall–Kier alpha value is -3.18. The molecule has 0 N–H and O–H groups in total. The van der Waals surface area contributed by atoms with Gasteiger partial charge in [0.05, 0.1) is 0 Å². The smallest absolute Gasteiger partial charge is 0.124 e. The van der Waals surface area contributed by atoms with Gasteiger partial charge in [-0.15, -0.1) is 30.6 Å². The first kappa shape index (κ1) is 8.91. The van der Waals surface area contributed by atoms with Crippen molar-refractivity contribution in [3.8, 4) is 0 Å². The molecule has 0 bridgehead atoms. The minimum absolute atomic E-state index is 0.359. The van der Waals surface area contributed by atoms with Crippen molar-refractivity contribution in [2.24, 2.45) is 0 Å². The number of hydrogen-bond acceptors (Lipinski definition) is 12. The molecule has 0 unspecified atom stereocenters. The van der Waals surface area contributed by atoms with Gasteiger partial charge in [-0.2, -0.15) is 0 Å². The van der Waals surface area contributed by atoms with Crippen molar-refractivity contribution in [1.29, 1.82) is 0 Å². The number of hydrogen-bond donors (Lipinski definition) is 0. The molecule has 3 aromatic heterocycles. The zero-order valence-electron chi connectivity index (χ0n) is 8.37. The second-order valence-corrected chi connectivity index (χ2v) is 3.23. The SMILES string of the molecule is n1nnc2c(n1)c1nnnnc1c1nnnnc21. The van der Waals surface area contributed by atoms with Crippen molar-refractivity contribution in [3.63, 3.8) is 0 Å². The molecule has 4 aromatic rings. The van der Waals surface area contributed by atoms with Crippen LogP contribution in [-0.4, -0.2) is 61.9 Å². The van der Waals surface area contributed by atoms with Crippen molar-refractivity contribution >= 4 is 33.1 Å². The van der Waals surface area contributed by atoms with Gasteiger partial charge < -0.3 is 0 Å². The molecule has 0 atom stereocenters. The average molecular weight is 240 g/mol. The monoisotopic (exact) mass is 240 g/mol. The van der Waals surface area contributed by atoms with E-state index in [1.165, 1.54) is 0 Å². The summed E-state index contributed by atoms with van der Waals surface area (Å²) in [5, 5.41) is 43.8. The largest absolute Gasteiger partial charge is 0.147 e. The molecule has 0 spiro atoms. The molecular formula is C6N12. The fraction of sp³-hybridized carbons (Fsp3) is 0.